The molecule has 0 radical (unpaired) electrons. The third kappa shape index (κ3) is 2.92. The Kier molecular flexibility index (Phi) is 4.27. The predicted octanol–water partition coefficient (Wildman–Crippen LogP) is 4.46. The molecular weight excluding hydrogens is 263 g/mol. The monoisotopic (exact) mass is 281 g/mol. The average Bonchev–Trinajstić information content (AvgIpc) is 2.45. The number of benzene rings is 1. The van der Waals surface area contributed by atoms with E-state index in [2.05, 4.69) is 17.7 Å². The minimum Gasteiger partial charge on any atom is -0.369 e. The zero-order chi connectivity index (χ0) is 14.8. The van der Waals surface area contributed by atoms with E-state index in [1.54, 1.807) is 6.07 Å². The Labute approximate surface area is 117 Å². The molecule has 1 aliphatic heterocycles. The Morgan fingerprint density at radius 2 is 2.10 bits per heavy atom. The van der Waals surface area contributed by atoms with E-state index in [4.69, 9.17) is 6.42 Å². The van der Waals surface area contributed by atoms with Crippen molar-refractivity contribution in [3.8, 4) is 12.3 Å². The van der Waals surface area contributed by atoms with Crippen LogP contribution in [0, 0.1) is 12.3 Å². The van der Waals surface area contributed by atoms with Crippen LogP contribution in [0.25, 0.3) is 0 Å². The maximum absolute atomic E-state index is 13.0. The molecule has 1 heterocycles. The van der Waals surface area contributed by atoms with Crippen molar-refractivity contribution in [3.05, 3.63) is 29.3 Å². The standard InChI is InChI=1S/C16H18F3N/c1-3-12-8-9-14(11-15(12)16(17,18)19)20-10-6-5-7-13(20)4-2/h1,8-9,11,13H,4-7,10H2,2H3/t13-/m0/s1. The maximum atomic E-state index is 13.0. The molecule has 0 N–H and O–H groups in total. The SMILES string of the molecule is C#Cc1ccc(N2CCCC[C@@H]2CC)cc1C(F)(F)F. The molecule has 0 spiro atoms. The molecule has 1 fully saturated rings. The lowest BCUT2D eigenvalue weighted by Gasteiger charge is -2.37. The summed E-state index contributed by atoms with van der Waals surface area (Å²) in [5.74, 6) is 2.12. The highest BCUT2D eigenvalue weighted by molar-refractivity contribution is 5.56. The van der Waals surface area contributed by atoms with E-state index in [0.29, 0.717) is 11.7 Å². The average molecular weight is 281 g/mol. The third-order valence-corrected chi connectivity index (χ3v) is 3.89. The third-order valence-electron chi connectivity index (χ3n) is 3.89. The van der Waals surface area contributed by atoms with Crippen LogP contribution in [0.4, 0.5) is 18.9 Å². The van der Waals surface area contributed by atoms with Crippen LogP contribution in [-0.2, 0) is 6.18 Å². The number of nitrogens with zero attached hydrogens (tertiary/aromatic N) is 1. The summed E-state index contributed by atoms with van der Waals surface area (Å²) in [5, 5.41) is 0. The Morgan fingerprint density at radius 1 is 1.35 bits per heavy atom. The lowest BCUT2D eigenvalue weighted by molar-refractivity contribution is -0.137. The minimum atomic E-state index is -4.41. The molecule has 1 aromatic carbocycles. The van der Waals surface area contributed by atoms with Crippen LogP contribution < -0.4 is 4.90 Å². The van der Waals surface area contributed by atoms with Gasteiger partial charge in [-0.2, -0.15) is 13.2 Å². The van der Waals surface area contributed by atoms with Crippen LogP contribution in [0.2, 0.25) is 0 Å². The summed E-state index contributed by atoms with van der Waals surface area (Å²) in [4.78, 5) is 2.08. The van der Waals surface area contributed by atoms with Crippen molar-refractivity contribution in [2.45, 2.75) is 44.8 Å². The zero-order valence-corrected chi connectivity index (χ0v) is 11.5. The maximum Gasteiger partial charge on any atom is 0.417 e. The molecule has 108 valence electrons. The van der Waals surface area contributed by atoms with Gasteiger partial charge in [-0.3, -0.25) is 0 Å². The summed E-state index contributed by atoms with van der Waals surface area (Å²) in [6.45, 7) is 2.88. The summed E-state index contributed by atoms with van der Waals surface area (Å²) >= 11 is 0. The van der Waals surface area contributed by atoms with E-state index < -0.39 is 11.7 Å². The molecule has 20 heavy (non-hydrogen) atoms. The molecule has 1 aliphatic rings. The highest BCUT2D eigenvalue weighted by Gasteiger charge is 2.34. The minimum absolute atomic E-state index is 0.0914. The van der Waals surface area contributed by atoms with Gasteiger partial charge in [0.15, 0.2) is 0 Å². The van der Waals surface area contributed by atoms with E-state index in [-0.39, 0.29) is 5.56 Å². The number of piperidine rings is 1. The quantitative estimate of drug-likeness (QED) is 0.724. The fourth-order valence-corrected chi connectivity index (χ4v) is 2.84. The van der Waals surface area contributed by atoms with Crippen molar-refractivity contribution < 1.29 is 13.2 Å². The topological polar surface area (TPSA) is 3.24 Å². The Balaban J connectivity index is 2.40. The molecule has 0 saturated carbocycles. The normalized spacial score (nSPS) is 19.8. The van der Waals surface area contributed by atoms with Crippen LogP contribution in [0.3, 0.4) is 0 Å². The van der Waals surface area contributed by atoms with Gasteiger partial charge in [-0.15, -0.1) is 6.42 Å². The van der Waals surface area contributed by atoms with Crippen molar-refractivity contribution >= 4 is 5.69 Å². The Bertz CT molecular complexity index is 513. The molecule has 1 aromatic rings. The first kappa shape index (κ1) is 14.8. The number of hydrogen-bond acceptors (Lipinski definition) is 1. The van der Waals surface area contributed by atoms with Crippen molar-refractivity contribution in [1.29, 1.82) is 0 Å². The number of rotatable bonds is 2. The smallest absolute Gasteiger partial charge is 0.369 e. The largest absolute Gasteiger partial charge is 0.417 e. The van der Waals surface area contributed by atoms with Crippen molar-refractivity contribution in [3.63, 3.8) is 0 Å². The molecule has 0 unspecified atom stereocenters. The van der Waals surface area contributed by atoms with Gasteiger partial charge in [0.1, 0.15) is 0 Å². The lowest BCUT2D eigenvalue weighted by atomic mass is 9.98. The van der Waals surface area contributed by atoms with Gasteiger partial charge in [-0.1, -0.05) is 12.8 Å². The number of hydrogen-bond donors (Lipinski definition) is 0. The lowest BCUT2D eigenvalue weighted by Crippen LogP contribution is -2.39. The van der Waals surface area contributed by atoms with Crippen molar-refractivity contribution in [2.75, 3.05) is 11.4 Å². The number of alkyl halides is 3. The van der Waals surface area contributed by atoms with Gasteiger partial charge in [0.2, 0.25) is 0 Å². The van der Waals surface area contributed by atoms with E-state index in [1.807, 2.05) is 0 Å². The van der Waals surface area contributed by atoms with Gasteiger partial charge >= 0.3 is 6.18 Å². The van der Waals surface area contributed by atoms with Crippen LogP contribution in [0.15, 0.2) is 18.2 Å². The summed E-state index contributed by atoms with van der Waals surface area (Å²) < 4.78 is 39.1. The van der Waals surface area contributed by atoms with Crippen LogP contribution in [0.1, 0.15) is 43.7 Å². The first-order valence-corrected chi connectivity index (χ1v) is 6.92. The van der Waals surface area contributed by atoms with Crippen LogP contribution in [0.5, 0.6) is 0 Å². The van der Waals surface area contributed by atoms with E-state index in [0.717, 1.165) is 32.2 Å². The van der Waals surface area contributed by atoms with Gasteiger partial charge in [-0.05, 0) is 43.9 Å². The molecule has 0 aromatic heterocycles. The summed E-state index contributed by atoms with van der Waals surface area (Å²) in [6.07, 6.45) is 4.90. The number of anilines is 1. The molecule has 4 heteroatoms. The fourth-order valence-electron chi connectivity index (χ4n) is 2.84. The molecule has 1 saturated heterocycles. The zero-order valence-electron chi connectivity index (χ0n) is 11.5. The van der Waals surface area contributed by atoms with Crippen molar-refractivity contribution in [2.24, 2.45) is 0 Å². The Morgan fingerprint density at radius 3 is 2.70 bits per heavy atom. The molecule has 0 bridgehead atoms. The van der Waals surface area contributed by atoms with Crippen LogP contribution in [-0.4, -0.2) is 12.6 Å². The predicted molar refractivity (Wildman–Crippen MR) is 74.7 cm³/mol. The van der Waals surface area contributed by atoms with Gasteiger partial charge < -0.3 is 4.90 Å². The number of halogens is 3. The van der Waals surface area contributed by atoms with Gasteiger partial charge in [-0.25, -0.2) is 0 Å². The molecule has 0 aliphatic carbocycles. The van der Waals surface area contributed by atoms with Gasteiger partial charge in [0.25, 0.3) is 0 Å². The van der Waals surface area contributed by atoms with Gasteiger partial charge in [0, 0.05) is 23.8 Å². The summed E-state index contributed by atoms with van der Waals surface area (Å²) in [5.41, 5.74) is -0.174. The van der Waals surface area contributed by atoms with E-state index in [9.17, 15) is 13.2 Å². The molecule has 2 rings (SSSR count). The second kappa shape index (κ2) is 5.78. The van der Waals surface area contributed by atoms with Crippen LogP contribution >= 0.6 is 0 Å². The molecule has 1 nitrogen and oxygen atoms in total. The first-order valence-electron chi connectivity index (χ1n) is 6.92. The first-order chi connectivity index (χ1) is 9.47. The molecular formula is C16H18F3N. The second-order valence-electron chi connectivity index (χ2n) is 5.12. The fraction of sp³-hybridized carbons (Fsp3) is 0.500. The van der Waals surface area contributed by atoms with Gasteiger partial charge in [0.05, 0.1) is 5.56 Å². The molecule has 0 amide bonds. The molecule has 1 atom stereocenters. The number of terminal acetylenes is 1. The summed E-state index contributed by atoms with van der Waals surface area (Å²) in [6, 6.07) is 4.63. The highest BCUT2D eigenvalue weighted by Crippen LogP contribution is 2.36. The highest BCUT2D eigenvalue weighted by atomic mass is 19.4. The second-order valence-corrected chi connectivity index (χ2v) is 5.12. The van der Waals surface area contributed by atoms with Crippen molar-refractivity contribution in [1.82, 2.24) is 0 Å². The van der Waals surface area contributed by atoms with E-state index in [1.165, 1.54) is 12.1 Å². The Hall–Kier alpha value is -1.63. The van der Waals surface area contributed by atoms with E-state index >= 15 is 0 Å². The summed E-state index contributed by atoms with van der Waals surface area (Å²) in [7, 11) is 0.